The summed E-state index contributed by atoms with van der Waals surface area (Å²) < 4.78 is 6.43. The van der Waals surface area contributed by atoms with E-state index in [1.165, 1.54) is 44.2 Å². The van der Waals surface area contributed by atoms with Gasteiger partial charge in [-0.2, -0.15) is 0 Å². The van der Waals surface area contributed by atoms with Crippen molar-refractivity contribution in [1.29, 1.82) is 0 Å². The number of furan rings is 1. The Bertz CT molecular complexity index is 2770. The fraction of sp³-hybridized carbons (Fsp3) is 0.0638. The molecule has 0 fully saturated rings. The molecule has 50 heavy (non-hydrogen) atoms. The van der Waals surface area contributed by atoms with Crippen molar-refractivity contribution in [2.45, 2.75) is 19.3 Å². The highest BCUT2D eigenvalue weighted by Gasteiger charge is 2.37. The van der Waals surface area contributed by atoms with Crippen molar-refractivity contribution in [3.05, 3.63) is 169 Å². The third-order valence-electron chi connectivity index (χ3n) is 10.5. The molecule has 3 heteroatoms. The van der Waals surface area contributed by atoms with E-state index in [2.05, 4.69) is 141 Å². The van der Waals surface area contributed by atoms with E-state index in [9.17, 15) is 0 Å². The topological polar surface area (TPSA) is 38.9 Å². The molecule has 9 aromatic rings. The van der Waals surface area contributed by atoms with Crippen LogP contribution in [0.3, 0.4) is 0 Å². The molecule has 0 atom stereocenters. The van der Waals surface area contributed by atoms with E-state index in [0.717, 1.165) is 50.0 Å². The second kappa shape index (κ2) is 10.8. The Morgan fingerprint density at radius 3 is 1.96 bits per heavy atom. The molecule has 3 nitrogen and oxygen atoms in total. The molecule has 0 radical (unpaired) electrons. The summed E-state index contributed by atoms with van der Waals surface area (Å²) in [6.45, 7) is 4.70. The van der Waals surface area contributed by atoms with E-state index < -0.39 is 0 Å². The van der Waals surface area contributed by atoms with Crippen molar-refractivity contribution in [3.8, 4) is 56.2 Å². The molecular formula is C47H32N2O. The molecule has 0 unspecified atom stereocenters. The Morgan fingerprint density at radius 2 is 1.12 bits per heavy atom. The smallest absolute Gasteiger partial charge is 0.160 e. The van der Waals surface area contributed by atoms with Crippen LogP contribution in [0.4, 0.5) is 0 Å². The molecule has 10 rings (SSSR count). The molecule has 0 saturated heterocycles. The van der Waals surface area contributed by atoms with Crippen molar-refractivity contribution in [2.75, 3.05) is 0 Å². The number of hydrogen-bond acceptors (Lipinski definition) is 3. The van der Waals surface area contributed by atoms with Crippen LogP contribution < -0.4 is 0 Å². The number of nitrogens with zero attached hydrogens (tertiary/aromatic N) is 2. The molecule has 1 aliphatic carbocycles. The lowest BCUT2D eigenvalue weighted by atomic mass is 9.81. The van der Waals surface area contributed by atoms with Crippen LogP contribution in [0.1, 0.15) is 25.0 Å². The van der Waals surface area contributed by atoms with Crippen LogP contribution in [0.15, 0.2) is 162 Å². The Morgan fingerprint density at radius 1 is 0.460 bits per heavy atom. The molecule has 0 aliphatic heterocycles. The number of hydrogen-bond donors (Lipinski definition) is 0. The van der Waals surface area contributed by atoms with Gasteiger partial charge in [0, 0.05) is 32.9 Å². The first-order valence-electron chi connectivity index (χ1n) is 17.2. The highest BCUT2D eigenvalue weighted by atomic mass is 16.3. The van der Waals surface area contributed by atoms with Gasteiger partial charge in [-0.05, 0) is 74.5 Å². The fourth-order valence-electron chi connectivity index (χ4n) is 7.93. The molecule has 1 aliphatic rings. The molecule has 0 spiro atoms. The average molecular weight is 641 g/mol. The molecule has 2 heterocycles. The minimum Gasteiger partial charge on any atom is -0.455 e. The monoisotopic (exact) mass is 640 g/mol. The zero-order valence-electron chi connectivity index (χ0n) is 27.8. The summed E-state index contributed by atoms with van der Waals surface area (Å²) in [6.07, 6.45) is 0. The molecule has 0 N–H and O–H groups in total. The van der Waals surface area contributed by atoms with Gasteiger partial charge in [0.2, 0.25) is 0 Å². The summed E-state index contributed by atoms with van der Waals surface area (Å²) in [7, 11) is 0. The normalized spacial score (nSPS) is 13.2. The maximum absolute atomic E-state index is 6.43. The Labute approximate surface area is 290 Å². The van der Waals surface area contributed by atoms with Gasteiger partial charge in [-0.1, -0.05) is 141 Å². The van der Waals surface area contributed by atoms with E-state index in [-0.39, 0.29) is 5.41 Å². The predicted molar refractivity (Wildman–Crippen MR) is 206 cm³/mol. The predicted octanol–water partition coefficient (Wildman–Crippen LogP) is 12.5. The number of para-hydroxylation sites is 2. The summed E-state index contributed by atoms with van der Waals surface area (Å²) in [4.78, 5) is 10.2. The van der Waals surface area contributed by atoms with Crippen LogP contribution in [-0.2, 0) is 5.41 Å². The third kappa shape index (κ3) is 4.37. The van der Waals surface area contributed by atoms with Gasteiger partial charge in [0.1, 0.15) is 11.2 Å². The molecule has 7 aromatic carbocycles. The Kier molecular flexibility index (Phi) is 6.22. The minimum absolute atomic E-state index is 0.0848. The number of rotatable bonds is 4. The van der Waals surface area contributed by atoms with Gasteiger partial charge in [-0.25, -0.2) is 9.97 Å². The summed E-state index contributed by atoms with van der Waals surface area (Å²) in [5.41, 5.74) is 14.1. The SMILES string of the molecule is CC1(C)c2cc3ccccc3cc2-c2c(-c3ccc(-c4cc(-c5cccc6c5oc5ccccc56)nc(-c5ccccc5)n4)cc3)cccc21. The van der Waals surface area contributed by atoms with Crippen molar-refractivity contribution in [1.82, 2.24) is 9.97 Å². The van der Waals surface area contributed by atoms with Crippen LogP contribution in [0.5, 0.6) is 0 Å². The summed E-state index contributed by atoms with van der Waals surface area (Å²) in [6, 6.07) is 55.8. The van der Waals surface area contributed by atoms with Crippen molar-refractivity contribution >= 4 is 32.7 Å². The lowest BCUT2D eigenvalue weighted by molar-refractivity contribution is 0.661. The first-order valence-corrected chi connectivity index (χ1v) is 17.2. The molecule has 0 bridgehead atoms. The van der Waals surface area contributed by atoms with Gasteiger partial charge in [0.25, 0.3) is 0 Å². The van der Waals surface area contributed by atoms with E-state index in [4.69, 9.17) is 14.4 Å². The molecule has 2 aromatic heterocycles. The average Bonchev–Trinajstić information content (AvgIpc) is 3.66. The zero-order chi connectivity index (χ0) is 33.4. The first kappa shape index (κ1) is 28.7. The highest BCUT2D eigenvalue weighted by molar-refractivity contribution is 6.09. The fourth-order valence-corrected chi connectivity index (χ4v) is 7.93. The second-order valence-corrected chi connectivity index (χ2v) is 13.8. The van der Waals surface area contributed by atoms with E-state index in [1.807, 2.05) is 30.3 Å². The van der Waals surface area contributed by atoms with Crippen LogP contribution in [0.2, 0.25) is 0 Å². The highest BCUT2D eigenvalue weighted by Crippen LogP contribution is 2.53. The van der Waals surface area contributed by atoms with Gasteiger partial charge < -0.3 is 4.42 Å². The molecule has 236 valence electrons. The number of benzene rings is 7. The summed E-state index contributed by atoms with van der Waals surface area (Å²) in [5, 5.41) is 4.74. The maximum atomic E-state index is 6.43. The third-order valence-corrected chi connectivity index (χ3v) is 10.5. The summed E-state index contributed by atoms with van der Waals surface area (Å²) in [5.74, 6) is 0.683. The van der Waals surface area contributed by atoms with Crippen LogP contribution >= 0.6 is 0 Å². The first-order chi connectivity index (χ1) is 24.5. The van der Waals surface area contributed by atoms with E-state index in [1.54, 1.807) is 0 Å². The zero-order valence-corrected chi connectivity index (χ0v) is 27.8. The lowest BCUT2D eigenvalue weighted by Crippen LogP contribution is -2.14. The Balaban J connectivity index is 1.11. The van der Waals surface area contributed by atoms with Gasteiger partial charge in [0.15, 0.2) is 5.82 Å². The maximum Gasteiger partial charge on any atom is 0.160 e. The standard InChI is InChI=1S/C47H32N2O/c1-47(2)39-20-11-17-34(44(39)38-26-32-14-6-7-15-33(32)27-40(38)47)29-22-24-30(25-23-29)41-28-42(49-46(48-41)31-12-4-3-5-13-31)37-19-10-18-36-35-16-8-9-21-43(35)50-45(36)37/h3-28H,1-2H3. The molecule has 0 saturated carbocycles. The van der Waals surface area contributed by atoms with Crippen LogP contribution in [0, 0.1) is 0 Å². The van der Waals surface area contributed by atoms with Gasteiger partial charge in [0.05, 0.1) is 11.4 Å². The van der Waals surface area contributed by atoms with E-state index in [0.29, 0.717) is 5.82 Å². The number of fused-ring (bicyclic) bond motifs is 7. The minimum atomic E-state index is -0.0848. The van der Waals surface area contributed by atoms with Crippen LogP contribution in [0.25, 0.3) is 88.9 Å². The van der Waals surface area contributed by atoms with Gasteiger partial charge >= 0.3 is 0 Å². The number of aromatic nitrogens is 2. The van der Waals surface area contributed by atoms with Crippen molar-refractivity contribution in [2.24, 2.45) is 0 Å². The van der Waals surface area contributed by atoms with Gasteiger partial charge in [-0.3, -0.25) is 0 Å². The quantitative estimate of drug-likeness (QED) is 0.192. The largest absolute Gasteiger partial charge is 0.455 e. The Hall–Kier alpha value is -6.32. The second-order valence-electron chi connectivity index (χ2n) is 13.8. The lowest BCUT2D eigenvalue weighted by Gasteiger charge is -2.22. The molecule has 0 amide bonds. The van der Waals surface area contributed by atoms with E-state index >= 15 is 0 Å². The van der Waals surface area contributed by atoms with Gasteiger partial charge in [-0.15, -0.1) is 0 Å². The van der Waals surface area contributed by atoms with Crippen molar-refractivity contribution in [3.63, 3.8) is 0 Å². The molecular weight excluding hydrogens is 609 g/mol. The van der Waals surface area contributed by atoms with Crippen LogP contribution in [-0.4, -0.2) is 9.97 Å². The summed E-state index contributed by atoms with van der Waals surface area (Å²) >= 11 is 0. The van der Waals surface area contributed by atoms with Crippen molar-refractivity contribution < 1.29 is 4.42 Å².